The van der Waals surface area contributed by atoms with E-state index in [1.165, 1.54) is 5.57 Å². The smallest absolute Gasteiger partial charge is 0.0549 e. The van der Waals surface area contributed by atoms with Gasteiger partial charge in [-0.15, -0.1) is 6.58 Å². The molecule has 0 saturated heterocycles. The van der Waals surface area contributed by atoms with Crippen LogP contribution in [0.15, 0.2) is 34.8 Å². The zero-order valence-electron chi connectivity index (χ0n) is 8.11. The Kier molecular flexibility index (Phi) is 4.49. The van der Waals surface area contributed by atoms with E-state index in [0.717, 1.165) is 28.1 Å². The van der Waals surface area contributed by atoms with Gasteiger partial charge >= 0.3 is 0 Å². The minimum absolute atomic E-state index is 0.732. The lowest BCUT2D eigenvalue weighted by Gasteiger charge is -2.07. The third-order valence-electron chi connectivity index (χ3n) is 1.80. The summed E-state index contributed by atoms with van der Waals surface area (Å²) in [6.07, 6.45) is 0.986. The molecule has 0 aliphatic rings. The molecule has 1 aromatic rings. The number of benzene rings is 1. The molecule has 0 heterocycles. The van der Waals surface area contributed by atoms with Crippen molar-refractivity contribution < 1.29 is 0 Å². The third-order valence-corrected chi connectivity index (χ3v) is 3.01. The Labute approximate surface area is 98.3 Å². The van der Waals surface area contributed by atoms with E-state index in [0.29, 0.717) is 0 Å². The molecular weight excluding hydrogens is 261 g/mol. The van der Waals surface area contributed by atoms with Crippen LogP contribution in [0, 0.1) is 0 Å². The molecule has 0 atom stereocenters. The van der Waals surface area contributed by atoms with Crippen LogP contribution in [-0.4, -0.2) is 6.54 Å². The predicted octanol–water partition coefficient (Wildman–Crippen LogP) is 4.48. The highest BCUT2D eigenvalue weighted by atomic mass is 79.9. The largest absolute Gasteiger partial charge is 0.385 e. The fourth-order valence-corrected chi connectivity index (χ4v) is 1.52. The van der Waals surface area contributed by atoms with Crippen molar-refractivity contribution in [2.45, 2.75) is 13.3 Å². The minimum Gasteiger partial charge on any atom is -0.385 e. The zero-order chi connectivity index (χ0) is 10.6. The molecule has 14 heavy (non-hydrogen) atoms. The van der Waals surface area contributed by atoms with Gasteiger partial charge in [0, 0.05) is 16.7 Å². The van der Waals surface area contributed by atoms with Gasteiger partial charge in [0.15, 0.2) is 0 Å². The zero-order valence-corrected chi connectivity index (χ0v) is 10.5. The molecular formula is C11H13BrClN. The highest BCUT2D eigenvalue weighted by molar-refractivity contribution is 9.10. The Balaban J connectivity index is 2.51. The fraction of sp³-hybridized carbons (Fsp3) is 0.273. The SMILES string of the molecule is C=C(C)CCNc1ccc(Cl)c(Br)c1. The van der Waals surface area contributed by atoms with Crippen LogP contribution in [0.5, 0.6) is 0 Å². The number of anilines is 1. The van der Waals surface area contributed by atoms with Crippen LogP contribution < -0.4 is 5.32 Å². The Morgan fingerprint density at radius 1 is 1.57 bits per heavy atom. The van der Waals surface area contributed by atoms with E-state index < -0.39 is 0 Å². The van der Waals surface area contributed by atoms with Gasteiger partial charge in [0.05, 0.1) is 5.02 Å². The maximum atomic E-state index is 5.88. The average Bonchev–Trinajstić information content (AvgIpc) is 2.10. The molecule has 0 aliphatic carbocycles. The van der Waals surface area contributed by atoms with Crippen molar-refractivity contribution in [1.29, 1.82) is 0 Å². The van der Waals surface area contributed by atoms with Gasteiger partial charge in [-0.1, -0.05) is 17.2 Å². The highest BCUT2D eigenvalue weighted by Crippen LogP contribution is 2.25. The Hall–Kier alpha value is -0.470. The van der Waals surface area contributed by atoms with Gasteiger partial charge in [0.2, 0.25) is 0 Å². The number of hydrogen-bond acceptors (Lipinski definition) is 1. The van der Waals surface area contributed by atoms with Crippen molar-refractivity contribution >= 4 is 33.2 Å². The van der Waals surface area contributed by atoms with Crippen LogP contribution in [0.25, 0.3) is 0 Å². The molecule has 0 fully saturated rings. The predicted molar refractivity (Wildman–Crippen MR) is 67.1 cm³/mol. The van der Waals surface area contributed by atoms with Crippen molar-refractivity contribution in [1.82, 2.24) is 0 Å². The summed E-state index contributed by atoms with van der Waals surface area (Å²) in [5, 5.41) is 4.03. The Morgan fingerprint density at radius 2 is 2.29 bits per heavy atom. The van der Waals surface area contributed by atoms with E-state index in [4.69, 9.17) is 11.6 Å². The lowest BCUT2D eigenvalue weighted by Crippen LogP contribution is -2.01. The lowest BCUT2D eigenvalue weighted by molar-refractivity contribution is 1.00. The number of hydrogen-bond donors (Lipinski definition) is 1. The van der Waals surface area contributed by atoms with Crippen molar-refractivity contribution in [3.8, 4) is 0 Å². The summed E-state index contributed by atoms with van der Waals surface area (Å²) in [5.74, 6) is 0. The standard InChI is InChI=1S/C11H13BrClN/c1-8(2)5-6-14-9-3-4-11(13)10(12)7-9/h3-4,7,14H,1,5-6H2,2H3. The average molecular weight is 275 g/mol. The molecule has 1 N–H and O–H groups in total. The molecule has 0 amide bonds. The van der Waals surface area contributed by atoms with E-state index in [1.807, 2.05) is 25.1 Å². The molecule has 1 aromatic carbocycles. The molecule has 0 unspecified atom stereocenters. The minimum atomic E-state index is 0.732. The summed E-state index contributed by atoms with van der Waals surface area (Å²) in [6, 6.07) is 5.81. The van der Waals surface area contributed by atoms with Crippen molar-refractivity contribution in [2.75, 3.05) is 11.9 Å². The van der Waals surface area contributed by atoms with E-state index >= 15 is 0 Å². The second-order valence-electron chi connectivity index (χ2n) is 3.26. The van der Waals surface area contributed by atoms with Gasteiger partial charge in [0.25, 0.3) is 0 Å². The molecule has 3 heteroatoms. The lowest BCUT2D eigenvalue weighted by atomic mass is 10.2. The van der Waals surface area contributed by atoms with Crippen LogP contribution in [0.4, 0.5) is 5.69 Å². The van der Waals surface area contributed by atoms with Crippen molar-refractivity contribution in [2.24, 2.45) is 0 Å². The monoisotopic (exact) mass is 273 g/mol. The number of nitrogens with one attached hydrogen (secondary N) is 1. The summed E-state index contributed by atoms with van der Waals surface area (Å²) in [5.41, 5.74) is 2.26. The van der Waals surface area contributed by atoms with E-state index in [-0.39, 0.29) is 0 Å². The fourth-order valence-electron chi connectivity index (χ4n) is 1.03. The highest BCUT2D eigenvalue weighted by Gasteiger charge is 1.97. The van der Waals surface area contributed by atoms with Gasteiger partial charge < -0.3 is 5.32 Å². The summed E-state index contributed by atoms with van der Waals surface area (Å²) in [7, 11) is 0. The summed E-state index contributed by atoms with van der Waals surface area (Å²) < 4.78 is 0.916. The first-order valence-corrected chi connectivity index (χ1v) is 5.60. The van der Waals surface area contributed by atoms with Gasteiger partial charge in [-0.25, -0.2) is 0 Å². The van der Waals surface area contributed by atoms with Crippen LogP contribution in [0.1, 0.15) is 13.3 Å². The third kappa shape index (κ3) is 3.72. The maximum absolute atomic E-state index is 5.88. The van der Waals surface area contributed by atoms with Gasteiger partial charge in [0.1, 0.15) is 0 Å². The maximum Gasteiger partial charge on any atom is 0.0549 e. The number of halogens is 2. The second kappa shape index (κ2) is 5.42. The van der Waals surface area contributed by atoms with Gasteiger partial charge in [-0.3, -0.25) is 0 Å². The summed E-state index contributed by atoms with van der Waals surface area (Å²) in [4.78, 5) is 0. The molecule has 0 aliphatic heterocycles. The van der Waals surface area contributed by atoms with E-state index in [2.05, 4.69) is 27.8 Å². The van der Waals surface area contributed by atoms with Crippen molar-refractivity contribution in [3.05, 3.63) is 39.8 Å². The second-order valence-corrected chi connectivity index (χ2v) is 4.52. The first-order chi connectivity index (χ1) is 6.59. The normalized spacial score (nSPS) is 9.93. The number of rotatable bonds is 4. The van der Waals surface area contributed by atoms with E-state index in [9.17, 15) is 0 Å². The molecule has 0 aromatic heterocycles. The van der Waals surface area contributed by atoms with Crippen molar-refractivity contribution in [3.63, 3.8) is 0 Å². The Bertz CT molecular complexity index is 336. The van der Waals surface area contributed by atoms with Crippen LogP contribution in [-0.2, 0) is 0 Å². The molecule has 0 saturated carbocycles. The topological polar surface area (TPSA) is 12.0 Å². The first kappa shape index (κ1) is 11.6. The summed E-state index contributed by atoms with van der Waals surface area (Å²) >= 11 is 9.25. The van der Waals surface area contributed by atoms with Crippen LogP contribution in [0.2, 0.25) is 5.02 Å². The quantitative estimate of drug-likeness (QED) is 0.798. The first-order valence-electron chi connectivity index (χ1n) is 4.43. The van der Waals surface area contributed by atoms with Crippen LogP contribution in [0.3, 0.4) is 0 Å². The summed E-state index contributed by atoms with van der Waals surface area (Å²) in [6.45, 7) is 6.78. The molecule has 0 radical (unpaired) electrons. The van der Waals surface area contributed by atoms with Gasteiger partial charge in [-0.05, 0) is 47.5 Å². The molecule has 76 valence electrons. The van der Waals surface area contributed by atoms with Gasteiger partial charge in [-0.2, -0.15) is 0 Å². The Morgan fingerprint density at radius 3 is 2.86 bits per heavy atom. The molecule has 1 nitrogen and oxygen atoms in total. The molecule has 0 spiro atoms. The van der Waals surface area contributed by atoms with Crippen LogP contribution >= 0.6 is 27.5 Å². The van der Waals surface area contributed by atoms with E-state index in [1.54, 1.807) is 0 Å². The molecule has 1 rings (SSSR count). The molecule has 0 bridgehead atoms.